The molecule has 1 saturated carbocycles. The number of amides is 2. The molecule has 0 aromatic rings. The van der Waals surface area contributed by atoms with Gasteiger partial charge >= 0.3 is 12.0 Å². The minimum atomic E-state index is -0.992. The van der Waals surface area contributed by atoms with Crippen molar-refractivity contribution in [3.05, 3.63) is 0 Å². The maximum absolute atomic E-state index is 11.8. The van der Waals surface area contributed by atoms with Crippen LogP contribution in [0.5, 0.6) is 0 Å². The van der Waals surface area contributed by atoms with Crippen molar-refractivity contribution >= 4 is 12.0 Å². The molecule has 2 rings (SSSR count). The Morgan fingerprint density at radius 2 is 2.05 bits per heavy atom. The lowest BCUT2D eigenvalue weighted by molar-refractivity contribution is -0.139. The summed E-state index contributed by atoms with van der Waals surface area (Å²) in [6.07, 6.45) is 7.99. The first-order valence-corrected chi connectivity index (χ1v) is 8.00. The van der Waals surface area contributed by atoms with E-state index < -0.39 is 18.0 Å². The number of rotatable bonds is 6. The smallest absolute Gasteiger partial charge is 0.326 e. The maximum Gasteiger partial charge on any atom is 0.326 e. The van der Waals surface area contributed by atoms with Crippen molar-refractivity contribution in [3.63, 3.8) is 0 Å². The molecule has 21 heavy (non-hydrogen) atoms. The molecule has 1 spiro atoms. The minimum Gasteiger partial charge on any atom is -0.480 e. The van der Waals surface area contributed by atoms with Crippen LogP contribution in [0.4, 0.5) is 4.79 Å². The molecule has 0 radical (unpaired) electrons. The van der Waals surface area contributed by atoms with Crippen molar-refractivity contribution in [2.75, 3.05) is 6.54 Å². The van der Waals surface area contributed by atoms with E-state index in [1.54, 1.807) is 0 Å². The molecule has 2 atom stereocenters. The first-order valence-electron chi connectivity index (χ1n) is 8.00. The third-order valence-corrected chi connectivity index (χ3v) is 4.52. The zero-order chi connectivity index (χ0) is 15.3. The Morgan fingerprint density at radius 3 is 2.67 bits per heavy atom. The zero-order valence-electron chi connectivity index (χ0n) is 12.7. The average Bonchev–Trinajstić information content (AvgIpc) is 3.07. The quantitative estimate of drug-likeness (QED) is 0.700. The second kappa shape index (κ2) is 7.11. The third kappa shape index (κ3) is 4.33. The molecule has 1 aliphatic heterocycles. The van der Waals surface area contributed by atoms with Gasteiger partial charge in [0.1, 0.15) is 6.04 Å². The van der Waals surface area contributed by atoms with Gasteiger partial charge in [-0.15, -0.1) is 0 Å². The van der Waals surface area contributed by atoms with E-state index >= 15 is 0 Å². The highest BCUT2D eigenvalue weighted by molar-refractivity contribution is 5.82. The molecule has 0 aromatic heterocycles. The van der Waals surface area contributed by atoms with Gasteiger partial charge < -0.3 is 20.5 Å². The van der Waals surface area contributed by atoms with Gasteiger partial charge in [0, 0.05) is 6.54 Å². The Labute approximate surface area is 125 Å². The third-order valence-electron chi connectivity index (χ3n) is 4.52. The maximum atomic E-state index is 11.8. The van der Waals surface area contributed by atoms with Crippen molar-refractivity contribution < 1.29 is 19.4 Å². The topological polar surface area (TPSA) is 87.7 Å². The van der Waals surface area contributed by atoms with E-state index in [2.05, 4.69) is 10.6 Å². The molecule has 2 unspecified atom stereocenters. The number of hydrogen-bond donors (Lipinski definition) is 3. The SMILES string of the molecule is CCCC(NC(=O)NCC1CCC2(CCCC2)O1)C(=O)O. The van der Waals surface area contributed by atoms with Gasteiger partial charge in [-0.05, 0) is 32.1 Å². The average molecular weight is 298 g/mol. The lowest BCUT2D eigenvalue weighted by Crippen LogP contribution is -2.47. The van der Waals surface area contributed by atoms with Crippen LogP contribution < -0.4 is 10.6 Å². The van der Waals surface area contributed by atoms with Crippen LogP contribution >= 0.6 is 0 Å². The number of carbonyl (C=O) groups is 2. The van der Waals surface area contributed by atoms with E-state index in [0.29, 0.717) is 19.4 Å². The molecule has 6 nitrogen and oxygen atoms in total. The van der Waals surface area contributed by atoms with E-state index in [1.807, 2.05) is 6.92 Å². The predicted molar refractivity (Wildman–Crippen MR) is 78.2 cm³/mol. The van der Waals surface area contributed by atoms with Gasteiger partial charge in [-0.2, -0.15) is 0 Å². The summed E-state index contributed by atoms with van der Waals surface area (Å²) in [4.78, 5) is 22.7. The highest BCUT2D eigenvalue weighted by Crippen LogP contribution is 2.43. The van der Waals surface area contributed by atoms with Crippen LogP contribution in [0.15, 0.2) is 0 Å². The lowest BCUT2D eigenvalue weighted by Gasteiger charge is -2.24. The standard InChI is InChI=1S/C15H26N2O4/c1-2-5-12(13(18)19)17-14(20)16-10-11-6-9-15(21-11)7-3-4-8-15/h11-12H,2-10H2,1H3,(H,18,19)(H2,16,17,20). The minimum absolute atomic E-state index is 0.0586. The normalized spacial score (nSPS) is 24.9. The Hall–Kier alpha value is -1.30. The Kier molecular flexibility index (Phi) is 5.45. The van der Waals surface area contributed by atoms with Crippen LogP contribution in [-0.4, -0.2) is 41.4 Å². The number of carbonyl (C=O) groups excluding carboxylic acids is 1. The first kappa shape index (κ1) is 16.1. The van der Waals surface area contributed by atoms with Gasteiger partial charge in [0.15, 0.2) is 0 Å². The molecule has 2 fully saturated rings. The summed E-state index contributed by atoms with van der Waals surface area (Å²) in [5.74, 6) is -0.992. The van der Waals surface area contributed by atoms with E-state index in [-0.39, 0.29) is 11.7 Å². The molecular formula is C15H26N2O4. The molecule has 2 amide bonds. The van der Waals surface area contributed by atoms with Gasteiger partial charge in [0.05, 0.1) is 11.7 Å². The van der Waals surface area contributed by atoms with E-state index in [1.165, 1.54) is 12.8 Å². The van der Waals surface area contributed by atoms with Crippen LogP contribution in [-0.2, 0) is 9.53 Å². The fraction of sp³-hybridized carbons (Fsp3) is 0.867. The summed E-state index contributed by atoms with van der Waals surface area (Å²) in [6, 6.07) is -1.24. The van der Waals surface area contributed by atoms with E-state index in [0.717, 1.165) is 25.7 Å². The summed E-state index contributed by atoms with van der Waals surface area (Å²) >= 11 is 0. The van der Waals surface area contributed by atoms with E-state index in [9.17, 15) is 9.59 Å². The molecule has 1 heterocycles. The molecule has 2 aliphatic rings. The molecule has 1 saturated heterocycles. The Balaban J connectivity index is 1.70. The van der Waals surface area contributed by atoms with Crippen molar-refractivity contribution in [2.24, 2.45) is 0 Å². The van der Waals surface area contributed by atoms with Crippen LogP contribution in [0.1, 0.15) is 58.3 Å². The highest BCUT2D eigenvalue weighted by Gasteiger charge is 2.42. The number of nitrogens with one attached hydrogen (secondary N) is 2. The van der Waals surface area contributed by atoms with Crippen LogP contribution in [0, 0.1) is 0 Å². The van der Waals surface area contributed by atoms with Crippen molar-refractivity contribution in [3.8, 4) is 0 Å². The Bertz CT molecular complexity index is 380. The fourth-order valence-corrected chi connectivity index (χ4v) is 3.39. The molecule has 6 heteroatoms. The molecule has 120 valence electrons. The monoisotopic (exact) mass is 298 g/mol. The molecule has 0 bridgehead atoms. The van der Waals surface area contributed by atoms with Gasteiger partial charge in [-0.25, -0.2) is 9.59 Å². The van der Waals surface area contributed by atoms with Crippen molar-refractivity contribution in [1.29, 1.82) is 0 Å². The first-order chi connectivity index (χ1) is 10.0. The largest absolute Gasteiger partial charge is 0.480 e. The number of carboxylic acids is 1. The number of ether oxygens (including phenoxy) is 1. The number of aliphatic carboxylic acids is 1. The van der Waals surface area contributed by atoms with Gasteiger partial charge in [-0.1, -0.05) is 26.2 Å². The molecule has 3 N–H and O–H groups in total. The predicted octanol–water partition coefficient (Wildman–Crippen LogP) is 2.03. The second-order valence-electron chi connectivity index (χ2n) is 6.20. The van der Waals surface area contributed by atoms with Crippen molar-refractivity contribution in [1.82, 2.24) is 10.6 Å². The van der Waals surface area contributed by atoms with Crippen LogP contribution in [0.2, 0.25) is 0 Å². The number of urea groups is 1. The summed E-state index contributed by atoms with van der Waals surface area (Å²) in [6.45, 7) is 2.34. The van der Waals surface area contributed by atoms with Gasteiger partial charge in [0.25, 0.3) is 0 Å². The summed E-state index contributed by atoms with van der Waals surface area (Å²) in [7, 11) is 0. The summed E-state index contributed by atoms with van der Waals surface area (Å²) in [5.41, 5.74) is 0.0641. The van der Waals surface area contributed by atoms with Gasteiger partial charge in [-0.3, -0.25) is 0 Å². The van der Waals surface area contributed by atoms with Gasteiger partial charge in [0.2, 0.25) is 0 Å². The molecular weight excluding hydrogens is 272 g/mol. The van der Waals surface area contributed by atoms with E-state index in [4.69, 9.17) is 9.84 Å². The summed E-state index contributed by atoms with van der Waals surface area (Å²) < 4.78 is 6.10. The molecule has 1 aliphatic carbocycles. The fourth-order valence-electron chi connectivity index (χ4n) is 3.39. The van der Waals surface area contributed by atoms with Crippen LogP contribution in [0.3, 0.4) is 0 Å². The summed E-state index contributed by atoms with van der Waals surface area (Å²) in [5, 5.41) is 14.2. The Morgan fingerprint density at radius 1 is 1.33 bits per heavy atom. The molecule has 0 aromatic carbocycles. The highest BCUT2D eigenvalue weighted by atomic mass is 16.5. The number of carboxylic acid groups (broad SMARTS) is 1. The second-order valence-corrected chi connectivity index (χ2v) is 6.20. The zero-order valence-corrected chi connectivity index (χ0v) is 12.7. The van der Waals surface area contributed by atoms with Crippen molar-refractivity contribution in [2.45, 2.75) is 76.0 Å². The lowest BCUT2D eigenvalue weighted by atomic mass is 9.98. The number of hydrogen-bond acceptors (Lipinski definition) is 3. The van der Waals surface area contributed by atoms with Crippen LogP contribution in [0.25, 0.3) is 0 Å².